The van der Waals surface area contributed by atoms with Crippen LogP contribution in [0.1, 0.15) is 31.2 Å². The third-order valence-corrected chi connectivity index (χ3v) is 3.16. The molecule has 0 spiro atoms. The Morgan fingerprint density at radius 1 is 1.08 bits per heavy atom. The molecule has 0 aromatic heterocycles. The van der Waals surface area contributed by atoms with Crippen molar-refractivity contribution in [1.29, 1.82) is 0 Å². The van der Waals surface area contributed by atoms with E-state index in [4.69, 9.17) is 11.6 Å². The summed E-state index contributed by atoms with van der Waals surface area (Å²) in [6.07, 6.45) is 4.90. The predicted molar refractivity (Wildman–Crippen MR) is 56.9 cm³/mol. The smallest absolute Gasteiger partial charge is 0.0441 e. The predicted octanol–water partition coefficient (Wildman–Crippen LogP) is 3.79. The monoisotopic (exact) mass is 193 g/mol. The Morgan fingerprint density at radius 2 is 1.85 bits per heavy atom. The molecule has 1 heteroatoms. The highest BCUT2D eigenvalue weighted by Crippen LogP contribution is 2.35. The molecule has 0 N–H and O–H groups in total. The quantitative estimate of drug-likeness (QED) is 0.596. The highest BCUT2D eigenvalue weighted by atomic mass is 35.5. The lowest BCUT2D eigenvalue weighted by atomic mass is 9.84. The van der Waals surface area contributed by atoms with Crippen molar-refractivity contribution in [2.45, 2.75) is 31.1 Å². The lowest BCUT2D eigenvalue weighted by Crippen LogP contribution is -2.18. The maximum atomic E-state index is 6.28. The van der Waals surface area contributed by atoms with Gasteiger partial charge in [-0.05, 0) is 18.4 Å². The molecule has 1 aliphatic carbocycles. The van der Waals surface area contributed by atoms with Gasteiger partial charge in [0.05, 0.1) is 0 Å². The Labute approximate surface area is 84.9 Å². The van der Waals surface area contributed by atoms with Crippen LogP contribution in [0.3, 0.4) is 0 Å². The number of hydrogen-bond acceptors (Lipinski definition) is 0. The van der Waals surface area contributed by atoms with E-state index in [0.29, 0.717) is 0 Å². The van der Waals surface area contributed by atoms with Gasteiger partial charge in [0.1, 0.15) is 0 Å². The molecule has 0 saturated heterocycles. The molecule has 1 unspecified atom stereocenters. The molecule has 1 aliphatic rings. The van der Waals surface area contributed by atoms with Crippen molar-refractivity contribution in [2.24, 2.45) is 0 Å². The fraction of sp³-hybridized carbons (Fsp3) is 0.417. The van der Waals surface area contributed by atoms with Gasteiger partial charge < -0.3 is 0 Å². The van der Waals surface area contributed by atoms with Crippen LogP contribution in [0.25, 0.3) is 0 Å². The van der Waals surface area contributed by atoms with E-state index in [9.17, 15) is 0 Å². The van der Waals surface area contributed by atoms with Gasteiger partial charge in [0.15, 0.2) is 0 Å². The van der Waals surface area contributed by atoms with Crippen LogP contribution in [0.5, 0.6) is 0 Å². The Balaban J connectivity index is 2.15. The van der Waals surface area contributed by atoms with Crippen LogP contribution in [-0.4, -0.2) is 5.38 Å². The van der Waals surface area contributed by atoms with Crippen molar-refractivity contribution in [3.05, 3.63) is 41.8 Å². The van der Waals surface area contributed by atoms with E-state index in [1.54, 1.807) is 0 Å². The summed E-state index contributed by atoms with van der Waals surface area (Å²) < 4.78 is 0. The highest BCUT2D eigenvalue weighted by molar-refractivity contribution is 6.22. The van der Waals surface area contributed by atoms with Gasteiger partial charge >= 0.3 is 0 Å². The molecule has 69 valence electrons. The first kappa shape index (κ1) is 9.08. The molecule has 1 radical (unpaired) electrons. The average Bonchev–Trinajstić information content (AvgIpc) is 2.20. The zero-order chi connectivity index (χ0) is 9.10. The average molecular weight is 194 g/mol. The fourth-order valence-electron chi connectivity index (χ4n) is 1.95. The van der Waals surface area contributed by atoms with Crippen LogP contribution >= 0.6 is 11.6 Å². The molecule has 1 saturated carbocycles. The van der Waals surface area contributed by atoms with E-state index in [2.05, 4.69) is 30.3 Å². The molecular weight excluding hydrogens is 180 g/mol. The van der Waals surface area contributed by atoms with Crippen molar-refractivity contribution < 1.29 is 0 Å². The van der Waals surface area contributed by atoms with Crippen molar-refractivity contribution in [1.82, 2.24) is 0 Å². The lowest BCUT2D eigenvalue weighted by Gasteiger charge is -2.26. The maximum Gasteiger partial charge on any atom is 0.0441 e. The molecule has 1 atom stereocenters. The first-order valence-electron chi connectivity index (χ1n) is 4.93. The van der Waals surface area contributed by atoms with E-state index >= 15 is 0 Å². The molecule has 0 bridgehead atoms. The summed E-state index contributed by atoms with van der Waals surface area (Å²) in [6.45, 7) is 0. The number of alkyl halides is 1. The molecule has 0 heterocycles. The SMILES string of the molecule is ClC1CCCC[C]1c1ccccc1. The second kappa shape index (κ2) is 4.15. The van der Waals surface area contributed by atoms with Crippen LogP contribution in [0, 0.1) is 5.92 Å². The van der Waals surface area contributed by atoms with E-state index < -0.39 is 0 Å². The van der Waals surface area contributed by atoms with Gasteiger partial charge in [0, 0.05) is 11.3 Å². The zero-order valence-corrected chi connectivity index (χ0v) is 8.43. The first-order chi connectivity index (χ1) is 6.38. The summed E-state index contributed by atoms with van der Waals surface area (Å²) in [7, 11) is 0. The van der Waals surface area contributed by atoms with Gasteiger partial charge in [-0.1, -0.05) is 43.2 Å². The second-order valence-corrected chi connectivity index (χ2v) is 4.13. The van der Waals surface area contributed by atoms with E-state index in [1.165, 1.54) is 30.7 Å². The van der Waals surface area contributed by atoms with Crippen LogP contribution in [-0.2, 0) is 0 Å². The van der Waals surface area contributed by atoms with Crippen LogP contribution in [0.4, 0.5) is 0 Å². The van der Waals surface area contributed by atoms with Crippen molar-refractivity contribution in [2.75, 3.05) is 0 Å². The zero-order valence-electron chi connectivity index (χ0n) is 7.67. The molecule has 0 amide bonds. The van der Waals surface area contributed by atoms with Crippen LogP contribution < -0.4 is 0 Å². The van der Waals surface area contributed by atoms with Crippen LogP contribution in [0.15, 0.2) is 30.3 Å². The highest BCUT2D eigenvalue weighted by Gasteiger charge is 2.24. The summed E-state index contributed by atoms with van der Waals surface area (Å²) >= 11 is 6.28. The van der Waals surface area contributed by atoms with Crippen LogP contribution in [0.2, 0.25) is 0 Å². The standard InChI is InChI=1S/C12H14Cl/c13-12-9-5-4-8-11(12)10-6-2-1-3-7-10/h1-3,6-7,12H,4-5,8-9H2. The first-order valence-corrected chi connectivity index (χ1v) is 5.37. The van der Waals surface area contributed by atoms with E-state index in [0.717, 1.165) is 6.42 Å². The normalized spacial score (nSPS) is 24.5. The summed E-state index contributed by atoms with van der Waals surface area (Å²) in [6, 6.07) is 10.5. The minimum Gasteiger partial charge on any atom is -0.122 e. The number of rotatable bonds is 1. The Morgan fingerprint density at radius 3 is 2.54 bits per heavy atom. The number of hydrogen-bond donors (Lipinski definition) is 0. The number of halogens is 1. The van der Waals surface area contributed by atoms with Gasteiger partial charge in [0.25, 0.3) is 0 Å². The number of benzene rings is 1. The molecule has 1 aromatic carbocycles. The summed E-state index contributed by atoms with van der Waals surface area (Å²) in [4.78, 5) is 0. The molecule has 2 rings (SSSR count). The van der Waals surface area contributed by atoms with Crippen molar-refractivity contribution >= 4 is 11.6 Å². The van der Waals surface area contributed by atoms with Gasteiger partial charge in [0.2, 0.25) is 0 Å². The summed E-state index contributed by atoms with van der Waals surface area (Å²) in [5.74, 6) is 1.44. The Bertz CT molecular complexity index is 255. The largest absolute Gasteiger partial charge is 0.122 e. The molecular formula is C12H14Cl. The maximum absolute atomic E-state index is 6.28. The lowest BCUT2D eigenvalue weighted by molar-refractivity contribution is 0.557. The minimum absolute atomic E-state index is 0.274. The Hall–Kier alpha value is -0.490. The fourth-order valence-corrected chi connectivity index (χ4v) is 2.34. The van der Waals surface area contributed by atoms with Gasteiger partial charge in [-0.2, -0.15) is 0 Å². The van der Waals surface area contributed by atoms with Gasteiger partial charge in [-0.15, -0.1) is 11.6 Å². The molecule has 1 aromatic rings. The van der Waals surface area contributed by atoms with Gasteiger partial charge in [-0.3, -0.25) is 0 Å². The van der Waals surface area contributed by atoms with Crippen molar-refractivity contribution in [3.63, 3.8) is 0 Å². The third kappa shape index (κ3) is 2.05. The molecule has 13 heavy (non-hydrogen) atoms. The molecule has 0 nitrogen and oxygen atoms in total. The molecule has 0 aliphatic heterocycles. The Kier molecular flexibility index (Phi) is 2.90. The van der Waals surface area contributed by atoms with E-state index in [-0.39, 0.29) is 5.38 Å². The minimum atomic E-state index is 0.274. The summed E-state index contributed by atoms with van der Waals surface area (Å²) in [5.41, 5.74) is 1.34. The van der Waals surface area contributed by atoms with Crippen molar-refractivity contribution in [3.8, 4) is 0 Å². The summed E-state index contributed by atoms with van der Waals surface area (Å²) in [5, 5.41) is 0.274. The molecule has 1 fully saturated rings. The topological polar surface area (TPSA) is 0 Å². The van der Waals surface area contributed by atoms with Gasteiger partial charge in [-0.25, -0.2) is 0 Å². The second-order valence-electron chi connectivity index (χ2n) is 3.60. The van der Waals surface area contributed by atoms with E-state index in [1.807, 2.05) is 0 Å². The third-order valence-electron chi connectivity index (χ3n) is 2.68.